The first kappa shape index (κ1) is 19.0. The maximum absolute atomic E-state index is 12.0. The molecule has 1 amide bonds. The predicted molar refractivity (Wildman–Crippen MR) is 91.2 cm³/mol. The van der Waals surface area contributed by atoms with Crippen LogP contribution in [-0.2, 0) is 25.6 Å². The van der Waals surface area contributed by atoms with Gasteiger partial charge in [0.25, 0.3) is 10.1 Å². The molecule has 0 bridgehead atoms. The van der Waals surface area contributed by atoms with Crippen LogP contribution in [0.5, 0.6) is 5.75 Å². The van der Waals surface area contributed by atoms with Gasteiger partial charge in [0.2, 0.25) is 0 Å². The van der Waals surface area contributed by atoms with Crippen molar-refractivity contribution in [1.82, 2.24) is 9.61 Å². The molecule has 9 nitrogen and oxygen atoms in total. The van der Waals surface area contributed by atoms with E-state index in [0.717, 1.165) is 6.26 Å². The first-order valence-corrected chi connectivity index (χ1v) is 9.19. The summed E-state index contributed by atoms with van der Waals surface area (Å²) in [6.07, 6.45) is 3.41. The average Bonchev–Trinajstić information content (AvgIpc) is 2.85. The standard InChI is InChI=1S/C15H21N3O6S/c1-15(2,3)24-14(19)17-11-6-7-18-12(13(11)22-4)10(8-16-18)9-23-25(5,20)21/h6-8H,9H2,1-5H3,(H,17,19). The van der Waals surface area contributed by atoms with Crippen LogP contribution in [0.4, 0.5) is 10.5 Å². The highest BCUT2D eigenvalue weighted by Crippen LogP contribution is 2.32. The zero-order chi connectivity index (χ0) is 18.8. The summed E-state index contributed by atoms with van der Waals surface area (Å²) < 4.78 is 39.3. The van der Waals surface area contributed by atoms with Crippen molar-refractivity contribution in [3.8, 4) is 5.75 Å². The summed E-state index contributed by atoms with van der Waals surface area (Å²) in [6, 6.07) is 1.60. The highest BCUT2D eigenvalue weighted by atomic mass is 32.2. The normalized spacial score (nSPS) is 12.2. The lowest BCUT2D eigenvalue weighted by Crippen LogP contribution is -2.27. The molecule has 0 fully saturated rings. The lowest BCUT2D eigenvalue weighted by atomic mass is 10.2. The van der Waals surface area contributed by atoms with Crippen molar-refractivity contribution in [2.45, 2.75) is 33.0 Å². The van der Waals surface area contributed by atoms with E-state index in [-0.39, 0.29) is 6.61 Å². The van der Waals surface area contributed by atoms with Crippen LogP contribution in [0.2, 0.25) is 0 Å². The van der Waals surface area contributed by atoms with Crippen molar-refractivity contribution in [3.05, 3.63) is 24.0 Å². The van der Waals surface area contributed by atoms with E-state index >= 15 is 0 Å². The van der Waals surface area contributed by atoms with Crippen molar-refractivity contribution in [2.75, 3.05) is 18.7 Å². The SMILES string of the molecule is COc1c(NC(=O)OC(C)(C)C)ccn2ncc(COS(C)(=O)=O)c12. The zero-order valence-corrected chi connectivity index (χ0v) is 15.5. The highest BCUT2D eigenvalue weighted by molar-refractivity contribution is 7.85. The van der Waals surface area contributed by atoms with Crippen molar-refractivity contribution < 1.29 is 26.9 Å². The topological polar surface area (TPSA) is 108 Å². The fourth-order valence-electron chi connectivity index (χ4n) is 2.10. The molecule has 0 unspecified atom stereocenters. The third-order valence-corrected chi connectivity index (χ3v) is 3.53. The van der Waals surface area contributed by atoms with E-state index in [1.165, 1.54) is 17.8 Å². The summed E-state index contributed by atoms with van der Waals surface area (Å²) in [5, 5.41) is 6.74. The van der Waals surface area contributed by atoms with Crippen molar-refractivity contribution in [3.63, 3.8) is 0 Å². The molecule has 1 N–H and O–H groups in total. The molecule has 0 aliphatic carbocycles. The van der Waals surface area contributed by atoms with Crippen LogP contribution in [0.3, 0.4) is 0 Å². The molecule has 2 aromatic heterocycles. The van der Waals surface area contributed by atoms with Crippen LogP contribution in [0.25, 0.3) is 5.52 Å². The van der Waals surface area contributed by atoms with E-state index in [1.807, 2.05) is 0 Å². The first-order chi connectivity index (χ1) is 11.5. The monoisotopic (exact) mass is 371 g/mol. The van der Waals surface area contributed by atoms with E-state index in [9.17, 15) is 13.2 Å². The maximum atomic E-state index is 12.0. The number of methoxy groups -OCH3 is 1. The highest BCUT2D eigenvalue weighted by Gasteiger charge is 2.20. The van der Waals surface area contributed by atoms with Crippen molar-refractivity contribution >= 4 is 27.4 Å². The van der Waals surface area contributed by atoms with Gasteiger partial charge in [0, 0.05) is 11.8 Å². The Morgan fingerprint density at radius 2 is 2.04 bits per heavy atom. The second-order valence-electron chi connectivity index (χ2n) is 6.32. The summed E-state index contributed by atoms with van der Waals surface area (Å²) in [5.74, 6) is 0.318. The molecule has 0 spiro atoms. The van der Waals surface area contributed by atoms with E-state index in [1.54, 1.807) is 33.0 Å². The number of rotatable bonds is 5. The van der Waals surface area contributed by atoms with E-state index in [2.05, 4.69) is 10.4 Å². The number of pyridine rings is 1. The molecule has 10 heteroatoms. The van der Waals surface area contributed by atoms with Gasteiger partial charge in [-0.2, -0.15) is 13.5 Å². The Kier molecular flexibility index (Phi) is 5.23. The van der Waals surface area contributed by atoms with Crippen LogP contribution in [0.15, 0.2) is 18.5 Å². The predicted octanol–water partition coefficient (Wildman–Crippen LogP) is 2.17. The second-order valence-corrected chi connectivity index (χ2v) is 7.96. The molecular formula is C15H21N3O6S. The zero-order valence-electron chi connectivity index (χ0n) is 14.7. The fraction of sp³-hybridized carbons (Fsp3) is 0.467. The Morgan fingerprint density at radius 1 is 1.36 bits per heavy atom. The van der Waals surface area contributed by atoms with Gasteiger partial charge in [0.15, 0.2) is 5.75 Å². The fourth-order valence-corrected chi connectivity index (χ4v) is 2.45. The number of fused-ring (bicyclic) bond motifs is 1. The van der Waals surface area contributed by atoms with Gasteiger partial charge in [-0.3, -0.25) is 9.50 Å². The van der Waals surface area contributed by atoms with Gasteiger partial charge in [-0.1, -0.05) is 0 Å². The number of anilines is 1. The third-order valence-electron chi connectivity index (χ3n) is 2.98. The molecule has 0 aromatic carbocycles. The first-order valence-electron chi connectivity index (χ1n) is 7.38. The quantitative estimate of drug-likeness (QED) is 0.802. The maximum Gasteiger partial charge on any atom is 0.412 e. The Balaban J connectivity index is 2.37. The number of amides is 1. The molecule has 25 heavy (non-hydrogen) atoms. The lowest BCUT2D eigenvalue weighted by molar-refractivity contribution is 0.0635. The smallest absolute Gasteiger partial charge is 0.412 e. The van der Waals surface area contributed by atoms with Crippen LogP contribution >= 0.6 is 0 Å². The van der Waals surface area contributed by atoms with Crippen molar-refractivity contribution in [2.24, 2.45) is 0 Å². The molecule has 0 saturated carbocycles. The summed E-state index contributed by atoms with van der Waals surface area (Å²) in [6.45, 7) is 5.06. The number of carbonyl (C=O) groups excluding carboxylic acids is 1. The molecular weight excluding hydrogens is 350 g/mol. The molecule has 2 aromatic rings. The summed E-state index contributed by atoms with van der Waals surface area (Å²) in [4.78, 5) is 12.0. The van der Waals surface area contributed by atoms with Gasteiger partial charge in [0.05, 0.1) is 31.9 Å². The second kappa shape index (κ2) is 6.89. The summed E-state index contributed by atoms with van der Waals surface area (Å²) in [7, 11) is -2.17. The Hall–Kier alpha value is -2.33. The minimum Gasteiger partial charge on any atom is -0.492 e. The van der Waals surface area contributed by atoms with Gasteiger partial charge >= 0.3 is 6.09 Å². The largest absolute Gasteiger partial charge is 0.492 e. The van der Waals surface area contributed by atoms with Gasteiger partial charge in [0.1, 0.15) is 11.1 Å². The third kappa shape index (κ3) is 5.07. The number of hydrogen-bond acceptors (Lipinski definition) is 7. The molecule has 0 saturated heterocycles. The summed E-state index contributed by atoms with van der Waals surface area (Å²) >= 11 is 0. The van der Waals surface area contributed by atoms with Gasteiger partial charge in [-0.15, -0.1) is 0 Å². The molecule has 0 radical (unpaired) electrons. The average molecular weight is 371 g/mol. The van der Waals surface area contributed by atoms with E-state index < -0.39 is 21.8 Å². The number of carbonyl (C=O) groups is 1. The van der Waals surface area contributed by atoms with Crippen LogP contribution in [0.1, 0.15) is 26.3 Å². The number of ether oxygens (including phenoxy) is 2. The van der Waals surface area contributed by atoms with Crippen LogP contribution in [-0.4, -0.2) is 43.1 Å². The molecule has 2 rings (SSSR count). The van der Waals surface area contributed by atoms with Crippen molar-refractivity contribution in [1.29, 1.82) is 0 Å². The number of nitrogens with one attached hydrogen (secondary N) is 1. The van der Waals surface area contributed by atoms with Gasteiger partial charge in [-0.05, 0) is 26.8 Å². The van der Waals surface area contributed by atoms with Crippen LogP contribution in [0, 0.1) is 0 Å². The molecule has 138 valence electrons. The van der Waals surface area contributed by atoms with Gasteiger partial charge < -0.3 is 9.47 Å². The molecule has 0 atom stereocenters. The lowest BCUT2D eigenvalue weighted by Gasteiger charge is -2.20. The molecule has 0 aliphatic rings. The van der Waals surface area contributed by atoms with E-state index in [4.69, 9.17) is 13.7 Å². The summed E-state index contributed by atoms with van der Waals surface area (Å²) in [5.41, 5.74) is 0.701. The van der Waals surface area contributed by atoms with Gasteiger partial charge in [-0.25, -0.2) is 9.31 Å². The number of aromatic nitrogens is 2. The Labute approximate surface area is 146 Å². The van der Waals surface area contributed by atoms with E-state index in [0.29, 0.717) is 22.5 Å². The number of nitrogens with zero attached hydrogens (tertiary/aromatic N) is 2. The Bertz CT molecular complexity index is 883. The minimum atomic E-state index is -3.61. The molecule has 0 aliphatic heterocycles. The molecule has 2 heterocycles. The van der Waals surface area contributed by atoms with Crippen LogP contribution < -0.4 is 10.1 Å². The minimum absolute atomic E-state index is 0.200. The Morgan fingerprint density at radius 3 is 2.60 bits per heavy atom. The number of hydrogen-bond donors (Lipinski definition) is 1.